The number of aromatic nitrogens is 2. The van der Waals surface area contributed by atoms with Gasteiger partial charge in [-0.15, -0.1) is 0 Å². The minimum atomic E-state index is 0.268. The van der Waals surface area contributed by atoms with E-state index in [9.17, 15) is 0 Å². The summed E-state index contributed by atoms with van der Waals surface area (Å²) in [7, 11) is 2.00. The molecule has 0 radical (unpaired) electrons. The number of aryl methyl sites for hydroxylation is 1. The van der Waals surface area contributed by atoms with Crippen molar-refractivity contribution in [3.8, 4) is 0 Å². The van der Waals surface area contributed by atoms with E-state index in [0.29, 0.717) is 0 Å². The highest BCUT2D eigenvalue weighted by Crippen LogP contribution is 2.26. The van der Waals surface area contributed by atoms with Gasteiger partial charge in [0.1, 0.15) is 5.82 Å². The predicted molar refractivity (Wildman–Crippen MR) is 80.3 cm³/mol. The summed E-state index contributed by atoms with van der Waals surface area (Å²) in [6.07, 6.45) is 3.77. The van der Waals surface area contributed by atoms with E-state index in [1.165, 1.54) is 5.56 Å². The van der Waals surface area contributed by atoms with Crippen molar-refractivity contribution in [2.45, 2.75) is 19.5 Å². The van der Waals surface area contributed by atoms with Crippen LogP contribution in [-0.4, -0.2) is 9.55 Å². The van der Waals surface area contributed by atoms with Crippen LogP contribution in [-0.2, 0) is 13.6 Å². The van der Waals surface area contributed by atoms with Gasteiger partial charge in [-0.25, -0.2) is 4.98 Å². The van der Waals surface area contributed by atoms with E-state index in [0.717, 1.165) is 21.3 Å². The minimum absolute atomic E-state index is 0.268. The van der Waals surface area contributed by atoms with E-state index in [1.54, 1.807) is 0 Å². The molecule has 0 saturated heterocycles. The smallest absolute Gasteiger partial charge is 0.122 e. The standard InChI is InChI=1S/C13H15Br2N3/c1-9(11-4-3-10(14)7-12(11)15)17-8-13-16-5-6-18(13)2/h3-7,9,17H,8H2,1-2H3. The van der Waals surface area contributed by atoms with E-state index >= 15 is 0 Å². The normalized spacial score (nSPS) is 12.7. The predicted octanol–water partition coefficient (Wildman–Crippen LogP) is 3.80. The first-order valence-electron chi connectivity index (χ1n) is 5.72. The van der Waals surface area contributed by atoms with Crippen LogP contribution in [0.25, 0.3) is 0 Å². The van der Waals surface area contributed by atoms with E-state index in [4.69, 9.17) is 0 Å². The molecule has 1 heterocycles. The molecule has 0 bridgehead atoms. The molecule has 18 heavy (non-hydrogen) atoms. The van der Waals surface area contributed by atoms with Crippen molar-refractivity contribution in [3.63, 3.8) is 0 Å². The highest BCUT2D eigenvalue weighted by atomic mass is 79.9. The summed E-state index contributed by atoms with van der Waals surface area (Å²) in [6.45, 7) is 2.91. The Morgan fingerprint density at radius 2 is 2.17 bits per heavy atom. The number of rotatable bonds is 4. The van der Waals surface area contributed by atoms with Crippen molar-refractivity contribution in [1.82, 2.24) is 14.9 Å². The molecule has 1 atom stereocenters. The topological polar surface area (TPSA) is 29.9 Å². The molecule has 0 aliphatic carbocycles. The first-order chi connectivity index (χ1) is 8.58. The van der Waals surface area contributed by atoms with Crippen molar-refractivity contribution >= 4 is 31.9 Å². The fourth-order valence-electron chi connectivity index (χ4n) is 1.77. The van der Waals surface area contributed by atoms with Crippen molar-refractivity contribution in [2.75, 3.05) is 0 Å². The van der Waals surface area contributed by atoms with Crippen LogP contribution in [0.2, 0.25) is 0 Å². The molecule has 0 saturated carbocycles. The van der Waals surface area contributed by atoms with Crippen LogP contribution in [0.4, 0.5) is 0 Å². The molecule has 0 spiro atoms. The summed E-state index contributed by atoms with van der Waals surface area (Å²) in [5.41, 5.74) is 1.24. The van der Waals surface area contributed by atoms with E-state index in [1.807, 2.05) is 24.0 Å². The molecule has 1 aromatic heterocycles. The average molecular weight is 373 g/mol. The van der Waals surface area contributed by atoms with Gasteiger partial charge in [-0.05, 0) is 24.6 Å². The molecule has 1 unspecified atom stereocenters. The van der Waals surface area contributed by atoms with E-state index in [-0.39, 0.29) is 6.04 Å². The van der Waals surface area contributed by atoms with Gasteiger partial charge >= 0.3 is 0 Å². The maximum absolute atomic E-state index is 4.30. The van der Waals surface area contributed by atoms with Crippen LogP contribution in [0.3, 0.4) is 0 Å². The van der Waals surface area contributed by atoms with Gasteiger partial charge in [-0.1, -0.05) is 37.9 Å². The average Bonchev–Trinajstić information content (AvgIpc) is 2.72. The molecule has 2 aromatic rings. The SMILES string of the molecule is CC(NCc1nccn1C)c1ccc(Br)cc1Br. The van der Waals surface area contributed by atoms with Crippen molar-refractivity contribution in [3.05, 3.63) is 50.9 Å². The Kier molecular flexibility index (Phi) is 4.59. The first-order valence-corrected chi connectivity index (χ1v) is 7.31. The van der Waals surface area contributed by atoms with Crippen LogP contribution in [0.1, 0.15) is 24.4 Å². The van der Waals surface area contributed by atoms with Gasteiger partial charge in [-0.2, -0.15) is 0 Å². The number of imidazole rings is 1. The molecule has 0 amide bonds. The van der Waals surface area contributed by atoms with Crippen LogP contribution in [0.15, 0.2) is 39.5 Å². The van der Waals surface area contributed by atoms with Gasteiger partial charge < -0.3 is 9.88 Å². The Labute approximate surface area is 124 Å². The van der Waals surface area contributed by atoms with Gasteiger partial charge in [0, 0.05) is 34.4 Å². The summed E-state index contributed by atoms with van der Waals surface area (Å²) in [5.74, 6) is 1.04. The number of hydrogen-bond donors (Lipinski definition) is 1. The molecule has 3 nitrogen and oxygen atoms in total. The summed E-state index contributed by atoms with van der Waals surface area (Å²) in [4.78, 5) is 4.30. The Hall–Kier alpha value is -0.650. The minimum Gasteiger partial charge on any atom is -0.337 e. The lowest BCUT2D eigenvalue weighted by atomic mass is 10.1. The van der Waals surface area contributed by atoms with Crippen molar-refractivity contribution < 1.29 is 0 Å². The molecule has 0 aliphatic heterocycles. The highest BCUT2D eigenvalue weighted by molar-refractivity contribution is 9.11. The third kappa shape index (κ3) is 3.22. The van der Waals surface area contributed by atoms with Gasteiger partial charge in [0.15, 0.2) is 0 Å². The Balaban J connectivity index is 2.03. The molecular formula is C13H15Br2N3. The zero-order valence-corrected chi connectivity index (χ0v) is 13.5. The molecule has 2 rings (SSSR count). The zero-order chi connectivity index (χ0) is 13.1. The fraction of sp³-hybridized carbons (Fsp3) is 0.308. The number of benzene rings is 1. The Morgan fingerprint density at radius 3 is 2.78 bits per heavy atom. The molecule has 0 aliphatic rings. The first kappa shape index (κ1) is 13.8. The monoisotopic (exact) mass is 371 g/mol. The molecular weight excluding hydrogens is 358 g/mol. The lowest BCUT2D eigenvalue weighted by molar-refractivity contribution is 0.547. The lowest BCUT2D eigenvalue weighted by Gasteiger charge is -2.16. The Bertz CT molecular complexity index is 537. The highest BCUT2D eigenvalue weighted by Gasteiger charge is 2.10. The Morgan fingerprint density at radius 1 is 1.39 bits per heavy atom. The van der Waals surface area contributed by atoms with Crippen molar-refractivity contribution in [2.24, 2.45) is 7.05 Å². The van der Waals surface area contributed by atoms with E-state index in [2.05, 4.69) is 67.3 Å². The van der Waals surface area contributed by atoms with Crippen molar-refractivity contribution in [1.29, 1.82) is 0 Å². The molecule has 5 heteroatoms. The summed E-state index contributed by atoms with van der Waals surface area (Å²) in [5, 5.41) is 3.47. The fourth-order valence-corrected chi connectivity index (χ4v) is 3.16. The molecule has 0 fully saturated rings. The van der Waals surface area contributed by atoms with Crippen LogP contribution in [0, 0.1) is 0 Å². The second-order valence-electron chi connectivity index (χ2n) is 4.22. The maximum atomic E-state index is 4.30. The summed E-state index contributed by atoms with van der Waals surface area (Å²) in [6, 6.07) is 6.50. The molecule has 1 aromatic carbocycles. The maximum Gasteiger partial charge on any atom is 0.122 e. The molecule has 1 N–H and O–H groups in total. The largest absolute Gasteiger partial charge is 0.337 e. The van der Waals surface area contributed by atoms with Gasteiger partial charge in [0.2, 0.25) is 0 Å². The number of halogens is 2. The third-order valence-corrected chi connectivity index (χ3v) is 4.10. The number of nitrogens with one attached hydrogen (secondary N) is 1. The second kappa shape index (κ2) is 5.99. The quantitative estimate of drug-likeness (QED) is 0.884. The van der Waals surface area contributed by atoms with E-state index < -0.39 is 0 Å². The third-order valence-electron chi connectivity index (χ3n) is 2.92. The lowest BCUT2D eigenvalue weighted by Crippen LogP contribution is -2.20. The number of hydrogen-bond acceptors (Lipinski definition) is 2. The van der Waals surface area contributed by atoms with Gasteiger partial charge in [0.05, 0.1) is 6.54 Å². The summed E-state index contributed by atoms with van der Waals surface area (Å²) < 4.78 is 4.21. The zero-order valence-electron chi connectivity index (χ0n) is 10.3. The number of nitrogens with zero attached hydrogens (tertiary/aromatic N) is 2. The van der Waals surface area contributed by atoms with Crippen LogP contribution < -0.4 is 5.32 Å². The van der Waals surface area contributed by atoms with Crippen LogP contribution in [0.5, 0.6) is 0 Å². The summed E-state index contributed by atoms with van der Waals surface area (Å²) >= 11 is 7.05. The second-order valence-corrected chi connectivity index (χ2v) is 5.99. The van der Waals surface area contributed by atoms with Crippen LogP contribution >= 0.6 is 31.9 Å². The van der Waals surface area contributed by atoms with Gasteiger partial charge in [0.25, 0.3) is 0 Å². The van der Waals surface area contributed by atoms with Gasteiger partial charge in [-0.3, -0.25) is 0 Å². The molecule has 96 valence electrons.